The number of hydrogen-bond acceptors (Lipinski definition) is 4. The van der Waals surface area contributed by atoms with E-state index in [0.717, 1.165) is 12.8 Å². The van der Waals surface area contributed by atoms with E-state index in [1.54, 1.807) is 25.3 Å². The lowest BCUT2D eigenvalue weighted by molar-refractivity contribution is -0.117. The summed E-state index contributed by atoms with van der Waals surface area (Å²) in [5.41, 5.74) is 6.40. The predicted octanol–water partition coefficient (Wildman–Crippen LogP) is 2.82. The minimum Gasteiger partial charge on any atom is -0.491 e. The van der Waals surface area contributed by atoms with Crippen LogP contribution < -0.4 is 15.8 Å². The highest BCUT2D eigenvalue weighted by molar-refractivity contribution is 6.31. The zero-order chi connectivity index (χ0) is 15.7. The lowest BCUT2D eigenvalue weighted by Gasteiger charge is -2.15. The smallest absolute Gasteiger partial charge is 0.241 e. The van der Waals surface area contributed by atoms with Crippen molar-refractivity contribution in [2.75, 3.05) is 25.6 Å². The first kappa shape index (κ1) is 17.8. The molecular formula is C15H23ClN2O3. The van der Waals surface area contributed by atoms with Crippen LogP contribution in [0.3, 0.4) is 0 Å². The Bertz CT molecular complexity index is 455. The van der Waals surface area contributed by atoms with Crippen LogP contribution in [-0.2, 0) is 9.53 Å². The molecule has 0 bridgehead atoms. The Kier molecular flexibility index (Phi) is 8.12. The topological polar surface area (TPSA) is 73.6 Å². The number of carbonyl (C=O) groups excluding carboxylic acids is 1. The molecule has 0 saturated heterocycles. The first-order valence-corrected chi connectivity index (χ1v) is 7.44. The van der Waals surface area contributed by atoms with Crippen LogP contribution in [0.25, 0.3) is 0 Å². The maximum absolute atomic E-state index is 12.1. The lowest BCUT2D eigenvalue weighted by Crippen LogP contribution is -2.35. The number of benzene rings is 1. The van der Waals surface area contributed by atoms with Crippen molar-refractivity contribution in [3.05, 3.63) is 23.2 Å². The van der Waals surface area contributed by atoms with Crippen LogP contribution >= 0.6 is 11.6 Å². The number of anilines is 1. The second kappa shape index (κ2) is 9.60. The molecule has 0 spiro atoms. The largest absolute Gasteiger partial charge is 0.491 e. The zero-order valence-corrected chi connectivity index (χ0v) is 13.3. The number of hydrogen-bond donors (Lipinski definition) is 2. The molecule has 0 aliphatic rings. The summed E-state index contributed by atoms with van der Waals surface area (Å²) in [5, 5.41) is 3.30. The van der Waals surface area contributed by atoms with Gasteiger partial charge in [0.25, 0.3) is 0 Å². The van der Waals surface area contributed by atoms with Crippen molar-refractivity contribution in [2.24, 2.45) is 5.73 Å². The molecule has 1 amide bonds. The molecule has 0 fully saturated rings. The third-order valence-corrected chi connectivity index (χ3v) is 3.10. The van der Waals surface area contributed by atoms with Crippen molar-refractivity contribution in [3.63, 3.8) is 0 Å². The summed E-state index contributed by atoms with van der Waals surface area (Å²) in [7, 11) is 1.62. The zero-order valence-electron chi connectivity index (χ0n) is 12.5. The summed E-state index contributed by atoms with van der Waals surface area (Å²) in [4.78, 5) is 12.1. The van der Waals surface area contributed by atoms with Gasteiger partial charge >= 0.3 is 0 Å². The Labute approximate surface area is 130 Å². The molecule has 0 aliphatic carbocycles. The van der Waals surface area contributed by atoms with E-state index in [9.17, 15) is 4.79 Å². The van der Waals surface area contributed by atoms with Gasteiger partial charge < -0.3 is 20.5 Å². The van der Waals surface area contributed by atoms with Crippen LogP contribution in [0.1, 0.15) is 26.2 Å². The van der Waals surface area contributed by atoms with Crippen LogP contribution in [0.5, 0.6) is 5.75 Å². The number of halogens is 1. The molecule has 1 unspecified atom stereocenters. The molecule has 5 nitrogen and oxygen atoms in total. The third kappa shape index (κ3) is 6.33. The molecule has 3 N–H and O–H groups in total. The van der Waals surface area contributed by atoms with E-state index < -0.39 is 6.04 Å². The van der Waals surface area contributed by atoms with E-state index in [1.807, 2.05) is 6.92 Å². The predicted molar refractivity (Wildman–Crippen MR) is 85.0 cm³/mol. The van der Waals surface area contributed by atoms with Crippen molar-refractivity contribution in [2.45, 2.75) is 32.2 Å². The summed E-state index contributed by atoms with van der Waals surface area (Å²) < 4.78 is 10.5. The van der Waals surface area contributed by atoms with Crippen molar-refractivity contribution >= 4 is 23.2 Å². The van der Waals surface area contributed by atoms with Gasteiger partial charge in [0.05, 0.1) is 18.3 Å². The van der Waals surface area contributed by atoms with Gasteiger partial charge in [-0.1, -0.05) is 18.5 Å². The molecule has 118 valence electrons. The first-order chi connectivity index (χ1) is 10.1. The number of methoxy groups -OCH3 is 1. The van der Waals surface area contributed by atoms with Crippen molar-refractivity contribution < 1.29 is 14.3 Å². The van der Waals surface area contributed by atoms with E-state index in [-0.39, 0.29) is 5.91 Å². The van der Waals surface area contributed by atoms with Gasteiger partial charge in [-0.2, -0.15) is 0 Å². The van der Waals surface area contributed by atoms with Gasteiger partial charge in [-0.25, -0.2) is 0 Å². The maximum atomic E-state index is 12.1. The molecule has 0 saturated carbocycles. The van der Waals surface area contributed by atoms with Gasteiger partial charge in [0, 0.05) is 18.7 Å². The molecular weight excluding hydrogens is 292 g/mol. The fraction of sp³-hybridized carbons (Fsp3) is 0.533. The van der Waals surface area contributed by atoms with Crippen LogP contribution in [0.15, 0.2) is 18.2 Å². The van der Waals surface area contributed by atoms with Crippen LogP contribution in [-0.4, -0.2) is 32.3 Å². The Morgan fingerprint density at radius 3 is 2.86 bits per heavy atom. The molecule has 1 rings (SSSR count). The molecule has 1 aromatic carbocycles. The van der Waals surface area contributed by atoms with E-state index in [1.165, 1.54) is 0 Å². The molecule has 0 heterocycles. The van der Waals surface area contributed by atoms with Gasteiger partial charge in [0.15, 0.2) is 0 Å². The number of amides is 1. The Balaban J connectivity index is 2.67. The highest BCUT2D eigenvalue weighted by Gasteiger charge is 2.15. The van der Waals surface area contributed by atoms with Gasteiger partial charge in [-0.3, -0.25) is 4.79 Å². The van der Waals surface area contributed by atoms with E-state index in [4.69, 9.17) is 26.8 Å². The summed E-state index contributed by atoms with van der Waals surface area (Å²) in [5.74, 6) is 0.341. The minimum absolute atomic E-state index is 0.255. The second-order valence-corrected chi connectivity index (χ2v) is 5.16. The molecule has 21 heavy (non-hydrogen) atoms. The fourth-order valence-electron chi connectivity index (χ4n) is 1.74. The lowest BCUT2D eigenvalue weighted by atomic mass is 10.1. The monoisotopic (exact) mass is 314 g/mol. The molecule has 1 atom stereocenters. The van der Waals surface area contributed by atoms with Gasteiger partial charge in [0.2, 0.25) is 5.91 Å². The maximum Gasteiger partial charge on any atom is 0.241 e. The van der Waals surface area contributed by atoms with Crippen molar-refractivity contribution in [3.8, 4) is 5.75 Å². The fourth-order valence-corrected chi connectivity index (χ4v) is 1.91. The molecule has 1 aromatic rings. The Hall–Kier alpha value is -1.30. The first-order valence-electron chi connectivity index (χ1n) is 7.06. The summed E-state index contributed by atoms with van der Waals surface area (Å²) >= 11 is 5.96. The number of ether oxygens (including phenoxy) is 2. The van der Waals surface area contributed by atoms with Gasteiger partial charge in [-0.15, -0.1) is 0 Å². The summed E-state index contributed by atoms with van der Waals surface area (Å²) in [6, 6.07) is 4.54. The second-order valence-electron chi connectivity index (χ2n) is 4.72. The highest BCUT2D eigenvalue weighted by Crippen LogP contribution is 2.28. The van der Waals surface area contributed by atoms with Gasteiger partial charge in [-0.05, 0) is 37.5 Å². The summed E-state index contributed by atoms with van der Waals surface area (Å²) in [6.45, 7) is 3.17. The standard InChI is InChI=1S/C15H23ClN2O3/c1-3-8-21-14-7-6-11(16)10-13(14)18-15(19)12(17)5-4-9-20-2/h6-7,10,12H,3-5,8-9,17H2,1-2H3,(H,18,19). The average Bonchev–Trinajstić information content (AvgIpc) is 2.46. The Morgan fingerprint density at radius 1 is 1.43 bits per heavy atom. The number of rotatable bonds is 9. The average molecular weight is 315 g/mol. The molecule has 0 radical (unpaired) electrons. The van der Waals surface area contributed by atoms with E-state index in [0.29, 0.717) is 36.1 Å². The van der Waals surface area contributed by atoms with E-state index in [2.05, 4.69) is 5.32 Å². The molecule has 6 heteroatoms. The van der Waals surface area contributed by atoms with Crippen molar-refractivity contribution in [1.82, 2.24) is 0 Å². The Morgan fingerprint density at radius 2 is 2.19 bits per heavy atom. The van der Waals surface area contributed by atoms with Gasteiger partial charge in [0.1, 0.15) is 5.75 Å². The molecule has 0 aliphatic heterocycles. The molecule has 0 aromatic heterocycles. The normalized spacial score (nSPS) is 12.0. The number of nitrogens with one attached hydrogen (secondary N) is 1. The van der Waals surface area contributed by atoms with Crippen LogP contribution in [0.4, 0.5) is 5.69 Å². The highest BCUT2D eigenvalue weighted by atomic mass is 35.5. The van der Waals surface area contributed by atoms with E-state index >= 15 is 0 Å². The summed E-state index contributed by atoms with van der Waals surface area (Å²) in [6.07, 6.45) is 2.18. The minimum atomic E-state index is -0.585. The number of carbonyl (C=O) groups is 1. The van der Waals surface area contributed by atoms with Crippen LogP contribution in [0.2, 0.25) is 5.02 Å². The quantitative estimate of drug-likeness (QED) is 0.687. The van der Waals surface area contributed by atoms with Crippen LogP contribution in [0, 0.1) is 0 Å². The third-order valence-electron chi connectivity index (χ3n) is 2.86. The number of nitrogens with two attached hydrogens (primary N) is 1. The van der Waals surface area contributed by atoms with Crippen molar-refractivity contribution in [1.29, 1.82) is 0 Å². The SMILES string of the molecule is CCCOc1ccc(Cl)cc1NC(=O)C(N)CCCOC.